The van der Waals surface area contributed by atoms with Crippen molar-refractivity contribution in [2.75, 3.05) is 38.2 Å². The summed E-state index contributed by atoms with van der Waals surface area (Å²) in [5, 5.41) is 15.8. The lowest BCUT2D eigenvalue weighted by Gasteiger charge is -2.38. The molecule has 1 aliphatic rings. The molecule has 0 unspecified atom stereocenters. The minimum absolute atomic E-state index is 0.0316. The van der Waals surface area contributed by atoms with Crippen molar-refractivity contribution in [2.24, 2.45) is 0 Å². The first-order valence-corrected chi connectivity index (χ1v) is 14.5. The summed E-state index contributed by atoms with van der Waals surface area (Å²) >= 11 is 0. The molecule has 5 heterocycles. The van der Waals surface area contributed by atoms with Gasteiger partial charge in [0.05, 0.1) is 24.5 Å². The van der Waals surface area contributed by atoms with E-state index in [9.17, 15) is 14.7 Å². The average Bonchev–Trinajstić information content (AvgIpc) is 3.53. The third-order valence-electron chi connectivity index (χ3n) is 7.61. The molecule has 0 radical (unpaired) electrons. The average molecular weight is 592 g/mol. The maximum atomic E-state index is 13.0. The highest BCUT2D eigenvalue weighted by Gasteiger charge is 2.35. The third-order valence-corrected chi connectivity index (χ3v) is 7.61. The van der Waals surface area contributed by atoms with E-state index in [0.29, 0.717) is 54.3 Å². The summed E-state index contributed by atoms with van der Waals surface area (Å²) in [6.45, 7) is 18.2. The predicted molar refractivity (Wildman–Crippen MR) is 164 cm³/mol. The van der Waals surface area contributed by atoms with Crippen molar-refractivity contribution in [2.45, 2.75) is 72.3 Å². The van der Waals surface area contributed by atoms with Gasteiger partial charge in [-0.05, 0) is 43.7 Å². The molecular weight excluding hydrogens is 550 g/mol. The lowest BCUT2D eigenvalue weighted by Crippen LogP contribution is -2.50. The first-order valence-electron chi connectivity index (χ1n) is 14.5. The van der Waals surface area contributed by atoms with E-state index in [1.54, 1.807) is 28.9 Å². The van der Waals surface area contributed by atoms with Gasteiger partial charge in [0.15, 0.2) is 11.4 Å². The molecule has 0 saturated carbocycles. The molecule has 0 aromatic carbocycles. The van der Waals surface area contributed by atoms with Crippen molar-refractivity contribution in [3.05, 3.63) is 35.9 Å². The van der Waals surface area contributed by atoms with Gasteiger partial charge in [-0.2, -0.15) is 5.10 Å². The van der Waals surface area contributed by atoms with Crippen LogP contribution in [-0.2, 0) is 10.2 Å². The van der Waals surface area contributed by atoms with E-state index in [1.165, 1.54) is 10.9 Å². The van der Waals surface area contributed by atoms with Crippen LogP contribution in [0.2, 0.25) is 0 Å². The van der Waals surface area contributed by atoms with Crippen LogP contribution in [0.5, 0.6) is 5.75 Å². The zero-order valence-electron chi connectivity index (χ0n) is 26.4. The standard InChI is InChI=1S/C31H41N7O5/c1-18(2)22-23-20(38(28(39)40)25(22)19-14-21(42-9)26-33-17-34-37(26)16-19)15-32-27(24(23)30(3,4)5)35-10-12-36(13-11-35)29(41)43-31(6,7)8/h14-18H,10-13H2,1-9H3,(H,39,40). The number of hydrogen-bond acceptors (Lipinski definition) is 8. The second-order valence-electron chi connectivity index (χ2n) is 13.3. The Kier molecular flexibility index (Phi) is 7.52. The zero-order valence-corrected chi connectivity index (χ0v) is 26.4. The second kappa shape index (κ2) is 10.7. The number of piperazine rings is 1. The molecular formula is C31H41N7O5. The van der Waals surface area contributed by atoms with Crippen molar-refractivity contribution in [1.82, 2.24) is 29.0 Å². The van der Waals surface area contributed by atoms with Crippen LogP contribution in [0.25, 0.3) is 27.8 Å². The Balaban J connectivity index is 1.71. The number of methoxy groups -OCH3 is 1. The van der Waals surface area contributed by atoms with Gasteiger partial charge in [0.25, 0.3) is 0 Å². The first kappa shape index (κ1) is 30.1. The molecule has 1 aliphatic heterocycles. The van der Waals surface area contributed by atoms with E-state index < -0.39 is 11.7 Å². The lowest BCUT2D eigenvalue weighted by atomic mass is 9.82. The largest absolute Gasteiger partial charge is 0.493 e. The van der Waals surface area contributed by atoms with E-state index in [4.69, 9.17) is 14.5 Å². The van der Waals surface area contributed by atoms with E-state index in [2.05, 4.69) is 49.6 Å². The normalized spacial score (nSPS) is 14.7. The number of nitrogens with zero attached hydrogens (tertiary/aromatic N) is 7. The van der Waals surface area contributed by atoms with Gasteiger partial charge in [-0.1, -0.05) is 34.6 Å². The molecule has 0 bridgehead atoms. The Hall–Kier alpha value is -4.35. The van der Waals surface area contributed by atoms with Crippen LogP contribution < -0.4 is 9.64 Å². The highest BCUT2D eigenvalue weighted by atomic mass is 16.6. The lowest BCUT2D eigenvalue weighted by molar-refractivity contribution is 0.0240. The fourth-order valence-corrected chi connectivity index (χ4v) is 5.89. The van der Waals surface area contributed by atoms with Crippen LogP contribution in [0, 0.1) is 0 Å². The van der Waals surface area contributed by atoms with Crippen molar-refractivity contribution < 1.29 is 24.2 Å². The Morgan fingerprint density at radius 2 is 1.70 bits per heavy atom. The second-order valence-corrected chi connectivity index (χ2v) is 13.3. The van der Waals surface area contributed by atoms with Crippen molar-refractivity contribution in [1.29, 1.82) is 0 Å². The molecule has 12 heteroatoms. The molecule has 1 fully saturated rings. The molecule has 0 aliphatic carbocycles. The number of ether oxygens (including phenoxy) is 2. The summed E-state index contributed by atoms with van der Waals surface area (Å²) in [6, 6.07) is 1.81. The summed E-state index contributed by atoms with van der Waals surface area (Å²) in [5.74, 6) is 1.25. The number of fused-ring (bicyclic) bond motifs is 2. The van der Waals surface area contributed by atoms with E-state index >= 15 is 0 Å². The summed E-state index contributed by atoms with van der Waals surface area (Å²) in [4.78, 5) is 38.8. The summed E-state index contributed by atoms with van der Waals surface area (Å²) in [7, 11) is 1.56. The Bertz CT molecular complexity index is 1700. The number of carboxylic acid groups (broad SMARTS) is 1. The Labute approximate surface area is 251 Å². The number of hydrogen-bond donors (Lipinski definition) is 1. The van der Waals surface area contributed by atoms with E-state index in [0.717, 1.165) is 22.3 Å². The first-order chi connectivity index (χ1) is 20.1. The van der Waals surface area contributed by atoms with E-state index in [1.807, 2.05) is 26.8 Å². The van der Waals surface area contributed by atoms with Crippen LogP contribution in [0.15, 0.2) is 24.8 Å². The number of rotatable bonds is 4. The minimum Gasteiger partial charge on any atom is -0.493 e. The van der Waals surface area contributed by atoms with Crippen LogP contribution in [0.4, 0.5) is 15.4 Å². The maximum Gasteiger partial charge on any atom is 0.416 e. The summed E-state index contributed by atoms with van der Waals surface area (Å²) in [6.07, 6.45) is 3.45. The van der Waals surface area contributed by atoms with Gasteiger partial charge in [0, 0.05) is 48.9 Å². The smallest absolute Gasteiger partial charge is 0.416 e. The molecule has 0 spiro atoms. The number of carbonyl (C=O) groups is 2. The number of amides is 1. The number of aromatic nitrogens is 5. The number of anilines is 1. The Morgan fingerprint density at radius 1 is 1.02 bits per heavy atom. The maximum absolute atomic E-state index is 13.0. The highest BCUT2D eigenvalue weighted by molar-refractivity contribution is 6.03. The van der Waals surface area contributed by atoms with Gasteiger partial charge in [-0.25, -0.2) is 28.6 Å². The molecule has 1 N–H and O–H groups in total. The molecule has 1 amide bonds. The Morgan fingerprint density at radius 3 is 2.26 bits per heavy atom. The van der Waals surface area contributed by atoms with Crippen LogP contribution in [-0.4, -0.2) is 85.2 Å². The third kappa shape index (κ3) is 5.46. The SMILES string of the molecule is COc1cc(-c2c(C(C)C)c3c(C(C)(C)C)c(N4CCN(C(=O)OC(C)(C)C)CC4)ncc3n2C(=O)O)cn2ncnc12. The zero-order chi connectivity index (χ0) is 31.4. The van der Waals surface area contributed by atoms with Gasteiger partial charge < -0.3 is 24.4 Å². The monoisotopic (exact) mass is 591 g/mol. The van der Waals surface area contributed by atoms with Crippen molar-refractivity contribution >= 4 is 34.6 Å². The van der Waals surface area contributed by atoms with Gasteiger partial charge >= 0.3 is 12.2 Å². The number of pyridine rings is 2. The molecule has 5 rings (SSSR count). The topological polar surface area (TPSA) is 127 Å². The molecule has 4 aromatic rings. The number of carbonyl (C=O) groups excluding carboxylic acids is 1. The molecule has 4 aromatic heterocycles. The van der Waals surface area contributed by atoms with Crippen molar-refractivity contribution in [3.63, 3.8) is 0 Å². The predicted octanol–water partition coefficient (Wildman–Crippen LogP) is 5.76. The molecule has 12 nitrogen and oxygen atoms in total. The summed E-state index contributed by atoms with van der Waals surface area (Å²) in [5.41, 5.74) is 3.17. The van der Waals surface area contributed by atoms with Crippen LogP contribution in [0.1, 0.15) is 72.4 Å². The van der Waals surface area contributed by atoms with Gasteiger partial charge in [0.2, 0.25) is 0 Å². The minimum atomic E-state index is -1.11. The molecule has 1 saturated heterocycles. The quantitative estimate of drug-likeness (QED) is 0.315. The fraction of sp³-hybridized carbons (Fsp3) is 0.516. The van der Waals surface area contributed by atoms with Crippen LogP contribution >= 0.6 is 0 Å². The fourth-order valence-electron chi connectivity index (χ4n) is 5.89. The highest BCUT2D eigenvalue weighted by Crippen LogP contribution is 2.46. The van der Waals surface area contributed by atoms with Crippen molar-refractivity contribution in [3.8, 4) is 17.0 Å². The molecule has 0 atom stereocenters. The molecule has 43 heavy (non-hydrogen) atoms. The van der Waals surface area contributed by atoms with Crippen LogP contribution in [0.3, 0.4) is 0 Å². The van der Waals surface area contributed by atoms with Gasteiger partial charge in [-0.15, -0.1) is 0 Å². The van der Waals surface area contributed by atoms with E-state index in [-0.39, 0.29) is 17.4 Å². The van der Waals surface area contributed by atoms with Gasteiger partial charge in [0.1, 0.15) is 17.7 Å². The summed E-state index contributed by atoms with van der Waals surface area (Å²) < 4.78 is 14.1. The van der Waals surface area contributed by atoms with Gasteiger partial charge in [-0.3, -0.25) is 0 Å². The molecule has 230 valence electrons.